The van der Waals surface area contributed by atoms with Gasteiger partial charge in [-0.25, -0.2) is 0 Å². The number of aromatic nitrogens is 1. The maximum Gasteiger partial charge on any atom is 0.259 e. The molecule has 1 saturated heterocycles. The molecule has 1 fully saturated rings. The first kappa shape index (κ1) is 18.4. The molecule has 1 aliphatic heterocycles. The number of aliphatic hydroxyl groups is 1. The van der Waals surface area contributed by atoms with E-state index in [4.69, 9.17) is 0 Å². The quantitative estimate of drug-likeness (QED) is 0.762. The molecule has 1 atom stereocenters. The van der Waals surface area contributed by atoms with E-state index in [1.807, 2.05) is 48.0 Å². The number of hydrogen-bond acceptors (Lipinski definition) is 3. The fourth-order valence-electron chi connectivity index (χ4n) is 4.13. The Morgan fingerprint density at radius 2 is 1.93 bits per heavy atom. The highest BCUT2D eigenvalue weighted by atomic mass is 16.3. The van der Waals surface area contributed by atoms with Crippen LogP contribution in [0.3, 0.4) is 0 Å². The van der Waals surface area contributed by atoms with Crippen LogP contribution in [0.4, 0.5) is 0 Å². The van der Waals surface area contributed by atoms with Gasteiger partial charge in [0.25, 0.3) is 5.91 Å². The zero-order valence-corrected chi connectivity index (χ0v) is 16.0. The van der Waals surface area contributed by atoms with Crippen LogP contribution in [0.15, 0.2) is 59.5 Å². The third-order valence-corrected chi connectivity index (χ3v) is 5.60. The fourth-order valence-corrected chi connectivity index (χ4v) is 4.13. The Kier molecular flexibility index (Phi) is 5.01. The molecule has 1 unspecified atom stereocenters. The average Bonchev–Trinajstić information content (AvgIpc) is 3.19. The van der Waals surface area contributed by atoms with Crippen LogP contribution in [-0.4, -0.2) is 33.6 Å². The number of aryl methyl sites for hydroxylation is 1. The number of aliphatic hydroxyl groups excluding tert-OH is 1. The van der Waals surface area contributed by atoms with Crippen molar-refractivity contribution in [1.29, 1.82) is 0 Å². The van der Waals surface area contributed by atoms with Crippen LogP contribution < -0.4 is 5.43 Å². The molecule has 0 radical (unpaired) electrons. The van der Waals surface area contributed by atoms with Crippen LogP contribution in [0, 0.1) is 5.92 Å². The topological polar surface area (TPSA) is 62.5 Å². The molecule has 0 spiro atoms. The summed E-state index contributed by atoms with van der Waals surface area (Å²) >= 11 is 0. The second-order valence-corrected chi connectivity index (χ2v) is 7.59. The number of pyridine rings is 1. The van der Waals surface area contributed by atoms with Gasteiger partial charge in [-0.3, -0.25) is 9.59 Å². The Balaban J connectivity index is 1.53. The summed E-state index contributed by atoms with van der Waals surface area (Å²) in [6.45, 7) is 1.35. The largest absolute Gasteiger partial charge is 0.392 e. The van der Waals surface area contributed by atoms with Gasteiger partial charge < -0.3 is 14.6 Å². The Morgan fingerprint density at radius 3 is 2.75 bits per heavy atom. The maximum absolute atomic E-state index is 13.0. The Labute approximate surface area is 163 Å². The van der Waals surface area contributed by atoms with Gasteiger partial charge in [-0.1, -0.05) is 36.4 Å². The Bertz CT molecular complexity index is 1090. The molecule has 5 nitrogen and oxygen atoms in total. The third kappa shape index (κ3) is 3.45. The van der Waals surface area contributed by atoms with Gasteiger partial charge in [-0.2, -0.15) is 0 Å². The van der Waals surface area contributed by atoms with E-state index in [1.54, 1.807) is 17.2 Å². The predicted octanol–water partition coefficient (Wildman–Crippen LogP) is 2.74. The number of benzene rings is 2. The molecule has 0 saturated carbocycles. The summed E-state index contributed by atoms with van der Waals surface area (Å²) in [6, 6.07) is 15.3. The van der Waals surface area contributed by atoms with Crippen molar-refractivity contribution in [3.8, 4) is 0 Å². The number of carbonyl (C=O) groups is 1. The van der Waals surface area contributed by atoms with Crippen LogP contribution >= 0.6 is 0 Å². The third-order valence-electron chi connectivity index (χ3n) is 5.60. The second-order valence-electron chi connectivity index (χ2n) is 7.59. The van der Waals surface area contributed by atoms with Crippen LogP contribution in [0.2, 0.25) is 0 Å². The smallest absolute Gasteiger partial charge is 0.259 e. The summed E-state index contributed by atoms with van der Waals surface area (Å²) in [5, 5.41) is 9.88. The summed E-state index contributed by atoms with van der Waals surface area (Å²) in [4.78, 5) is 27.7. The SMILES string of the molecule is Cn1cc(C(=O)N2CCC(Cc3cccc(CO)c3)C2)c(=O)c2ccccc21. The summed E-state index contributed by atoms with van der Waals surface area (Å²) < 4.78 is 1.85. The highest BCUT2D eigenvalue weighted by Crippen LogP contribution is 2.23. The lowest BCUT2D eigenvalue weighted by atomic mass is 9.97. The van der Waals surface area contributed by atoms with Gasteiger partial charge in [0.1, 0.15) is 5.56 Å². The first-order valence-electron chi connectivity index (χ1n) is 9.63. The molecule has 4 rings (SSSR count). The lowest BCUT2D eigenvalue weighted by Crippen LogP contribution is -2.33. The van der Waals surface area contributed by atoms with Crippen molar-refractivity contribution in [3.05, 3.63) is 81.6 Å². The lowest BCUT2D eigenvalue weighted by molar-refractivity contribution is 0.0785. The van der Waals surface area contributed by atoms with Crippen molar-refractivity contribution in [1.82, 2.24) is 9.47 Å². The van der Waals surface area contributed by atoms with E-state index >= 15 is 0 Å². The van der Waals surface area contributed by atoms with Crippen LogP contribution in [0.25, 0.3) is 10.9 Å². The number of fused-ring (bicyclic) bond motifs is 1. The van der Waals surface area contributed by atoms with E-state index in [2.05, 4.69) is 6.07 Å². The first-order valence-corrected chi connectivity index (χ1v) is 9.63. The van der Waals surface area contributed by atoms with E-state index in [0.717, 1.165) is 23.9 Å². The van der Waals surface area contributed by atoms with Gasteiger partial charge in [-0.15, -0.1) is 0 Å². The van der Waals surface area contributed by atoms with E-state index < -0.39 is 0 Å². The Morgan fingerprint density at radius 1 is 1.14 bits per heavy atom. The normalized spacial score (nSPS) is 16.6. The van der Waals surface area contributed by atoms with E-state index in [1.165, 1.54) is 5.56 Å². The van der Waals surface area contributed by atoms with Crippen LogP contribution in [-0.2, 0) is 20.1 Å². The Hall–Kier alpha value is -2.92. The van der Waals surface area contributed by atoms with Crippen LogP contribution in [0.5, 0.6) is 0 Å². The number of hydrogen-bond donors (Lipinski definition) is 1. The van der Waals surface area contributed by atoms with E-state index in [-0.39, 0.29) is 23.5 Å². The minimum Gasteiger partial charge on any atom is -0.392 e. The zero-order chi connectivity index (χ0) is 19.7. The molecular weight excluding hydrogens is 352 g/mol. The molecule has 3 aromatic rings. The molecule has 0 aliphatic carbocycles. The minimum absolute atomic E-state index is 0.0361. The van der Waals surface area contributed by atoms with Crippen LogP contribution in [0.1, 0.15) is 27.9 Å². The van der Waals surface area contributed by atoms with Crippen molar-refractivity contribution in [2.75, 3.05) is 13.1 Å². The van der Waals surface area contributed by atoms with Crippen molar-refractivity contribution in [2.45, 2.75) is 19.4 Å². The highest BCUT2D eigenvalue weighted by molar-refractivity contribution is 5.97. The van der Waals surface area contributed by atoms with Gasteiger partial charge in [0.05, 0.1) is 12.1 Å². The fraction of sp³-hybridized carbons (Fsp3) is 0.304. The number of rotatable bonds is 4. The predicted molar refractivity (Wildman–Crippen MR) is 109 cm³/mol. The van der Waals surface area contributed by atoms with Gasteiger partial charge >= 0.3 is 0 Å². The minimum atomic E-state index is -0.196. The molecule has 5 heteroatoms. The molecule has 1 N–H and O–H groups in total. The van der Waals surface area contributed by atoms with Gasteiger partial charge in [0, 0.05) is 31.7 Å². The maximum atomic E-state index is 13.0. The molecule has 2 heterocycles. The van der Waals surface area contributed by atoms with Gasteiger partial charge in [0.2, 0.25) is 5.43 Å². The molecule has 1 aromatic heterocycles. The van der Waals surface area contributed by atoms with Crippen molar-refractivity contribution in [2.24, 2.45) is 13.0 Å². The lowest BCUT2D eigenvalue weighted by Gasteiger charge is -2.18. The van der Waals surface area contributed by atoms with E-state index in [0.29, 0.717) is 24.4 Å². The van der Waals surface area contributed by atoms with Crippen molar-refractivity contribution in [3.63, 3.8) is 0 Å². The van der Waals surface area contributed by atoms with Crippen molar-refractivity contribution >= 4 is 16.8 Å². The molecule has 144 valence electrons. The number of likely N-dealkylation sites (tertiary alicyclic amines) is 1. The number of carbonyl (C=O) groups excluding carboxylic acids is 1. The first-order chi connectivity index (χ1) is 13.6. The summed E-state index contributed by atoms with van der Waals surface area (Å²) in [5.41, 5.74) is 2.95. The number of para-hydroxylation sites is 1. The molecular formula is C23H24N2O3. The zero-order valence-electron chi connectivity index (χ0n) is 16.0. The number of nitrogens with zero attached hydrogens (tertiary/aromatic N) is 2. The molecule has 28 heavy (non-hydrogen) atoms. The monoisotopic (exact) mass is 376 g/mol. The molecule has 1 aliphatic rings. The molecule has 2 aromatic carbocycles. The standard InChI is InChI=1S/C23H24N2O3/c1-24-14-20(22(27)19-7-2-3-8-21(19)24)23(28)25-10-9-17(13-25)11-16-5-4-6-18(12-16)15-26/h2-8,12,14,17,26H,9-11,13,15H2,1H3. The highest BCUT2D eigenvalue weighted by Gasteiger charge is 2.29. The molecule has 0 bridgehead atoms. The van der Waals surface area contributed by atoms with Crippen molar-refractivity contribution < 1.29 is 9.90 Å². The molecule has 1 amide bonds. The van der Waals surface area contributed by atoms with Gasteiger partial charge in [0.15, 0.2) is 0 Å². The average molecular weight is 376 g/mol. The van der Waals surface area contributed by atoms with E-state index in [9.17, 15) is 14.7 Å². The second kappa shape index (κ2) is 7.60. The van der Waals surface area contributed by atoms with Gasteiger partial charge in [-0.05, 0) is 42.0 Å². The summed E-state index contributed by atoms with van der Waals surface area (Å²) in [6.07, 6.45) is 3.45. The number of amides is 1. The summed E-state index contributed by atoms with van der Waals surface area (Å²) in [7, 11) is 1.86. The summed E-state index contributed by atoms with van der Waals surface area (Å²) in [5.74, 6) is 0.181.